The Hall–Kier alpha value is -4.37. The minimum Gasteiger partial charge on any atom is -0.483 e. The van der Waals surface area contributed by atoms with Crippen LogP contribution in [0, 0.1) is 19.6 Å². The van der Waals surface area contributed by atoms with Gasteiger partial charge < -0.3 is 30.7 Å². The third kappa shape index (κ3) is 9.81. The Bertz CT molecular complexity index is 2490. The van der Waals surface area contributed by atoms with Crippen LogP contribution in [0.3, 0.4) is 0 Å². The Morgan fingerprint density at radius 3 is 2.48 bits per heavy atom. The van der Waals surface area contributed by atoms with Crippen molar-refractivity contribution in [3.8, 4) is 5.75 Å². The van der Waals surface area contributed by atoms with Crippen LogP contribution in [0.4, 0.5) is 4.79 Å². The summed E-state index contributed by atoms with van der Waals surface area (Å²) in [6, 6.07) is -11.7. The number of aliphatic hydroxyl groups is 1. The summed E-state index contributed by atoms with van der Waals surface area (Å²) in [6.45, 7) is -15.7. The van der Waals surface area contributed by atoms with Gasteiger partial charge in [-0.05, 0) is 67.5 Å². The fourth-order valence-electron chi connectivity index (χ4n) is 4.35. The molecule has 3 aromatic rings. The second-order valence-electron chi connectivity index (χ2n) is 10.1. The van der Waals surface area contributed by atoms with Gasteiger partial charge in [-0.2, -0.15) is 0 Å². The highest BCUT2D eigenvalue weighted by molar-refractivity contribution is 5.87. The SMILES string of the molecule is [2H]c1c([2H])c([2H])c(C([2H])([2H])[C@]([2H])(NC(=O)C([2H])([2H])Oc2c(C([2H])([2H])[2H])c([2H])c([2H])c([2H])c2C([2H])([2H])[2H])[C@@H](O)C[C@H](Cc2ccccc2)NC(=O)[C@H](C(C)C)N2C(=O)NC([2H])([2H])C([2H])([2H])C2([2H])[2H])c([2H])c1[2H]. The van der Waals surface area contributed by atoms with Crippen LogP contribution in [0.25, 0.3) is 0 Å². The molecule has 1 aliphatic rings. The van der Waals surface area contributed by atoms with Crippen molar-refractivity contribution in [2.24, 2.45) is 5.92 Å². The van der Waals surface area contributed by atoms with E-state index >= 15 is 0 Å². The van der Waals surface area contributed by atoms with Crippen molar-refractivity contribution in [2.75, 3.05) is 19.6 Å². The molecular formula is C37H48N4O5. The number of benzene rings is 3. The van der Waals surface area contributed by atoms with Crippen molar-refractivity contribution in [3.05, 3.63) is 101 Å². The zero-order chi connectivity index (χ0) is 54.9. The van der Waals surface area contributed by atoms with Gasteiger partial charge in [-0.25, -0.2) is 4.79 Å². The van der Waals surface area contributed by atoms with Crippen molar-refractivity contribution in [1.82, 2.24) is 20.9 Å². The predicted molar refractivity (Wildman–Crippen MR) is 180 cm³/mol. The second-order valence-corrected chi connectivity index (χ2v) is 10.1. The summed E-state index contributed by atoms with van der Waals surface area (Å²) in [5.74, 6) is -6.40. The number of nitrogens with one attached hydrogen (secondary N) is 3. The smallest absolute Gasteiger partial charge is 0.318 e. The van der Waals surface area contributed by atoms with Crippen LogP contribution >= 0.6 is 0 Å². The summed E-state index contributed by atoms with van der Waals surface area (Å²) in [7, 11) is 0. The van der Waals surface area contributed by atoms with Gasteiger partial charge in [0, 0.05) is 38.2 Å². The Labute approximate surface area is 307 Å². The van der Waals surface area contributed by atoms with E-state index in [-0.39, 0.29) is 4.90 Å². The Morgan fingerprint density at radius 2 is 1.80 bits per heavy atom. The minimum absolute atomic E-state index is 0.124. The van der Waals surface area contributed by atoms with Crippen LogP contribution in [0.2, 0.25) is 0 Å². The molecule has 1 aliphatic heterocycles. The van der Waals surface area contributed by atoms with E-state index in [0.717, 1.165) is 0 Å². The molecule has 0 spiro atoms. The molecule has 0 aliphatic carbocycles. The quantitative estimate of drug-likeness (QED) is 0.195. The molecule has 0 radical (unpaired) electrons. The Morgan fingerprint density at radius 1 is 1.09 bits per heavy atom. The summed E-state index contributed by atoms with van der Waals surface area (Å²) < 4.78 is 214. The molecule has 0 aromatic heterocycles. The van der Waals surface area contributed by atoms with Gasteiger partial charge in [-0.3, -0.25) is 9.59 Å². The van der Waals surface area contributed by atoms with Gasteiger partial charge >= 0.3 is 6.03 Å². The number of para-hydroxylation sites is 1. The molecule has 4 atom stereocenters. The molecule has 1 saturated heterocycles. The number of amides is 4. The van der Waals surface area contributed by atoms with Gasteiger partial charge in [-0.1, -0.05) is 92.5 Å². The van der Waals surface area contributed by atoms with E-state index in [4.69, 9.17) is 34.9 Å². The average molecular weight is 654 g/mol. The molecule has 1 fully saturated rings. The van der Waals surface area contributed by atoms with E-state index in [0.29, 0.717) is 5.56 Å². The molecule has 4 amide bonds. The third-order valence-corrected chi connectivity index (χ3v) is 6.40. The summed E-state index contributed by atoms with van der Waals surface area (Å²) in [6.07, 6.45) is -12.0. The standard InChI is InChI=1S/C37H48N4O5/c1-25(2)34(41-20-12-19-38-37(41)45)36(44)39-30(21-28-15-7-5-8-16-28)23-32(42)31(22-29-17-9-6-10-18-29)40-33(43)24-46-35-26(3)13-11-14-27(35)4/h5-11,13-18,25,30-32,34,42H,12,19-24H2,1-4H3,(H,38,45)(H,39,44)(H,40,43)/t30-,31-,32-,34-/m0/s1/i3D3,4D3,6D,9D,10D,11D,12D2,13D,14D,17D,18D,19D2,20D2,22D2,24D2,31D. The number of aliphatic hydroxyl groups excluding tert-OH is 1. The molecule has 0 unspecified atom stereocenters. The summed E-state index contributed by atoms with van der Waals surface area (Å²) >= 11 is 0. The fraction of sp³-hybridized carbons (Fsp3) is 0.432. The summed E-state index contributed by atoms with van der Waals surface area (Å²) in [5, 5.41) is 17.9. The monoisotopic (exact) mass is 654 g/mol. The largest absolute Gasteiger partial charge is 0.483 e. The molecule has 9 heteroatoms. The molecule has 246 valence electrons. The van der Waals surface area contributed by atoms with Crippen molar-refractivity contribution >= 4 is 17.8 Å². The molecule has 46 heavy (non-hydrogen) atoms. The number of rotatable bonds is 15. The molecule has 1 heterocycles. The lowest BCUT2D eigenvalue weighted by molar-refractivity contribution is -0.128. The van der Waals surface area contributed by atoms with Crippen molar-refractivity contribution in [2.45, 2.75) is 77.3 Å². The first-order chi connectivity index (χ1) is 31.9. The number of carbonyl (C=O) groups is 3. The van der Waals surface area contributed by atoms with Crippen molar-refractivity contribution in [3.63, 3.8) is 0 Å². The second kappa shape index (κ2) is 16.8. The first-order valence-corrected chi connectivity index (χ1v) is 13.8. The zero-order valence-corrected chi connectivity index (χ0v) is 24.6. The predicted octanol–water partition coefficient (Wildman–Crippen LogP) is 4.33. The number of ether oxygens (including phenoxy) is 1. The van der Waals surface area contributed by atoms with E-state index in [1.165, 1.54) is 38.1 Å². The van der Waals surface area contributed by atoms with Crippen LogP contribution in [0.5, 0.6) is 5.75 Å². The third-order valence-electron chi connectivity index (χ3n) is 6.40. The Kier molecular flexibility index (Phi) is 5.18. The summed E-state index contributed by atoms with van der Waals surface area (Å²) in [4.78, 5) is 42.1. The van der Waals surface area contributed by atoms with Crippen LogP contribution in [0.15, 0.2) is 78.7 Å². The maximum absolute atomic E-state index is 14.4. The van der Waals surface area contributed by atoms with E-state index in [1.807, 2.05) is 0 Å². The van der Waals surface area contributed by atoms with Gasteiger partial charge in [-0.15, -0.1) is 0 Å². The van der Waals surface area contributed by atoms with E-state index in [9.17, 15) is 23.6 Å². The zero-order valence-electron chi connectivity index (χ0n) is 49.6. The Balaban J connectivity index is 1.95. The van der Waals surface area contributed by atoms with Crippen molar-refractivity contribution < 1.29 is 58.5 Å². The van der Waals surface area contributed by atoms with Gasteiger partial charge in [0.05, 0.1) is 27.2 Å². The number of nitrogens with zero attached hydrogens (tertiary/aromatic N) is 1. The number of hydrogen-bond acceptors (Lipinski definition) is 5. The first kappa shape index (κ1) is 14.2. The van der Waals surface area contributed by atoms with Crippen LogP contribution in [-0.4, -0.2) is 71.6 Å². The normalized spacial score (nSPS) is 28.8. The van der Waals surface area contributed by atoms with Crippen LogP contribution < -0.4 is 20.7 Å². The number of carbonyl (C=O) groups excluding carboxylic acids is 3. The molecule has 9 nitrogen and oxygen atoms in total. The molecule has 4 N–H and O–H groups in total. The lowest BCUT2D eigenvalue weighted by Gasteiger charge is -2.37. The topological polar surface area (TPSA) is 120 Å². The van der Waals surface area contributed by atoms with Gasteiger partial charge in [0.25, 0.3) is 5.91 Å². The van der Waals surface area contributed by atoms with Gasteiger partial charge in [0.1, 0.15) is 11.8 Å². The lowest BCUT2D eigenvalue weighted by Crippen LogP contribution is -2.59. The fourth-order valence-corrected chi connectivity index (χ4v) is 4.35. The van der Waals surface area contributed by atoms with Crippen molar-refractivity contribution in [1.29, 1.82) is 0 Å². The molecular weight excluding hydrogens is 580 g/mol. The molecule has 0 bridgehead atoms. The highest BCUT2D eigenvalue weighted by atomic mass is 16.5. The highest BCUT2D eigenvalue weighted by Crippen LogP contribution is 2.22. The van der Waals surface area contributed by atoms with Crippen LogP contribution in [0.1, 0.15) is 83.2 Å². The van der Waals surface area contributed by atoms with Crippen LogP contribution in [-0.2, 0) is 22.4 Å². The summed E-state index contributed by atoms with van der Waals surface area (Å²) in [5.41, 5.74) is -4.02. The highest BCUT2D eigenvalue weighted by Gasteiger charge is 2.35. The molecule has 4 rings (SSSR count). The van der Waals surface area contributed by atoms with E-state index in [2.05, 4.69) is 5.32 Å². The van der Waals surface area contributed by atoms with Gasteiger partial charge in [0.15, 0.2) is 6.56 Å². The number of urea groups is 1. The minimum atomic E-state index is -4.22. The maximum atomic E-state index is 14.4. The van der Waals surface area contributed by atoms with E-state index < -0.39 is 178 Å². The average Bonchev–Trinajstić information content (AvgIpc) is 3.21. The van der Waals surface area contributed by atoms with Gasteiger partial charge in [0.2, 0.25) is 5.91 Å². The molecule has 3 aromatic carbocycles. The number of hydrogen-bond donors (Lipinski definition) is 4. The van der Waals surface area contributed by atoms with E-state index in [1.54, 1.807) is 16.7 Å². The lowest BCUT2D eigenvalue weighted by atomic mass is 9.92. The first-order valence-electron chi connectivity index (χ1n) is 26.3. The maximum Gasteiger partial charge on any atom is 0.318 e. The molecule has 0 saturated carbocycles.